The second-order valence-electron chi connectivity index (χ2n) is 4.40. The molecule has 0 spiro atoms. The molecule has 0 aliphatic heterocycles. The molecule has 0 saturated heterocycles. The fraction of sp³-hybridized carbons (Fsp3) is 0.412. The third-order valence-corrected chi connectivity index (χ3v) is 3.13. The highest BCUT2D eigenvalue weighted by molar-refractivity contribution is 6.17. The van der Waals surface area contributed by atoms with Crippen LogP contribution in [0, 0.1) is 0 Å². The topological polar surface area (TPSA) is 68.3 Å². The van der Waals surface area contributed by atoms with E-state index in [4.69, 9.17) is 21.1 Å². The van der Waals surface area contributed by atoms with Crippen LogP contribution < -0.4 is 20.1 Å². The molecule has 0 radical (unpaired) electrons. The number of nitrogens with zero attached hydrogens (tertiary/aromatic N) is 2. The Kier molecular flexibility index (Phi) is 9.38. The number of nitrogens with one attached hydrogen (secondary N) is 2. The average molecular weight is 353 g/mol. The van der Waals surface area contributed by atoms with Crippen molar-refractivity contribution in [3.63, 3.8) is 0 Å². The van der Waals surface area contributed by atoms with Crippen molar-refractivity contribution in [3.8, 4) is 11.5 Å². The zero-order valence-electron chi connectivity index (χ0n) is 14.6. The van der Waals surface area contributed by atoms with E-state index in [0.29, 0.717) is 29.9 Å². The number of benzene rings is 1. The van der Waals surface area contributed by atoms with E-state index < -0.39 is 0 Å². The molecule has 1 aromatic carbocycles. The van der Waals surface area contributed by atoms with Gasteiger partial charge >= 0.3 is 0 Å². The number of rotatable bonds is 8. The number of hydrogen-bond donors (Lipinski definition) is 2. The summed E-state index contributed by atoms with van der Waals surface area (Å²) >= 11 is 5.66. The molecule has 0 bridgehead atoms. The van der Waals surface area contributed by atoms with Gasteiger partial charge in [0, 0.05) is 30.9 Å². The molecule has 2 rings (SSSR count). The molecular weight excluding hydrogens is 328 g/mol. The maximum Gasteiger partial charge on any atom is 0.229 e. The molecule has 132 valence electrons. The number of hydrogen-bond acceptors (Lipinski definition) is 6. The van der Waals surface area contributed by atoms with E-state index in [1.54, 1.807) is 19.4 Å². The second kappa shape index (κ2) is 11.3. The van der Waals surface area contributed by atoms with Crippen LogP contribution in [0.1, 0.15) is 20.3 Å². The molecule has 0 aliphatic rings. The van der Waals surface area contributed by atoms with E-state index in [2.05, 4.69) is 20.6 Å². The third-order valence-electron chi connectivity index (χ3n) is 2.87. The number of alkyl halides is 1. The Hall–Kier alpha value is -2.21. The van der Waals surface area contributed by atoms with Crippen molar-refractivity contribution < 1.29 is 9.47 Å². The Morgan fingerprint density at radius 2 is 1.96 bits per heavy atom. The minimum atomic E-state index is 0.503. The van der Waals surface area contributed by atoms with Crippen LogP contribution in [0.15, 0.2) is 30.5 Å². The van der Waals surface area contributed by atoms with Gasteiger partial charge < -0.3 is 20.1 Å². The van der Waals surface area contributed by atoms with Crippen molar-refractivity contribution in [2.45, 2.75) is 20.3 Å². The summed E-state index contributed by atoms with van der Waals surface area (Å²) in [5.74, 6) is 3.13. The minimum absolute atomic E-state index is 0.503. The number of ether oxygens (including phenoxy) is 2. The molecule has 24 heavy (non-hydrogen) atoms. The zero-order valence-corrected chi connectivity index (χ0v) is 15.4. The molecule has 0 saturated carbocycles. The summed E-state index contributed by atoms with van der Waals surface area (Å²) in [5.41, 5.74) is 0.815. The third kappa shape index (κ3) is 6.12. The van der Waals surface area contributed by atoms with E-state index in [1.165, 1.54) is 0 Å². The lowest BCUT2D eigenvalue weighted by Crippen LogP contribution is -2.02. The molecule has 2 N–H and O–H groups in total. The Bertz CT molecular complexity index is 611. The van der Waals surface area contributed by atoms with Gasteiger partial charge in [0.1, 0.15) is 5.82 Å². The average Bonchev–Trinajstić information content (AvgIpc) is 2.64. The summed E-state index contributed by atoms with van der Waals surface area (Å²) < 4.78 is 11.0. The predicted octanol–water partition coefficient (Wildman–Crippen LogP) is 4.30. The van der Waals surface area contributed by atoms with E-state index in [1.807, 2.05) is 39.1 Å². The Labute approximate surface area is 148 Å². The van der Waals surface area contributed by atoms with Crippen molar-refractivity contribution in [3.05, 3.63) is 30.5 Å². The molecule has 7 heteroatoms. The smallest absolute Gasteiger partial charge is 0.229 e. The monoisotopic (exact) mass is 352 g/mol. The molecule has 2 aromatic rings. The fourth-order valence-electron chi connectivity index (χ4n) is 1.79. The van der Waals surface area contributed by atoms with Gasteiger partial charge in [-0.25, -0.2) is 4.98 Å². The minimum Gasteiger partial charge on any atom is -0.493 e. The molecule has 0 aliphatic carbocycles. The first kappa shape index (κ1) is 19.8. The van der Waals surface area contributed by atoms with Crippen LogP contribution in [0.3, 0.4) is 0 Å². The van der Waals surface area contributed by atoms with Gasteiger partial charge in [-0.3, -0.25) is 0 Å². The van der Waals surface area contributed by atoms with Gasteiger partial charge in [-0.15, -0.1) is 11.6 Å². The van der Waals surface area contributed by atoms with Gasteiger partial charge in [0.2, 0.25) is 5.95 Å². The van der Waals surface area contributed by atoms with Gasteiger partial charge in [-0.05, 0) is 24.6 Å². The normalized spacial score (nSPS) is 9.54. The number of halogens is 1. The first-order valence-corrected chi connectivity index (χ1v) is 8.45. The van der Waals surface area contributed by atoms with Crippen LogP contribution in [0.2, 0.25) is 0 Å². The van der Waals surface area contributed by atoms with Gasteiger partial charge in [0.15, 0.2) is 11.5 Å². The molecule has 0 atom stereocenters. The quantitative estimate of drug-likeness (QED) is 0.545. The van der Waals surface area contributed by atoms with Crippen LogP contribution in [0.4, 0.5) is 17.5 Å². The highest BCUT2D eigenvalue weighted by atomic mass is 35.5. The largest absolute Gasteiger partial charge is 0.493 e. The highest BCUT2D eigenvalue weighted by Crippen LogP contribution is 2.31. The van der Waals surface area contributed by atoms with Crippen LogP contribution in [0.5, 0.6) is 11.5 Å². The zero-order chi connectivity index (χ0) is 17.8. The maximum atomic E-state index is 5.69. The number of methoxy groups -OCH3 is 1. The van der Waals surface area contributed by atoms with E-state index >= 15 is 0 Å². The van der Waals surface area contributed by atoms with Crippen LogP contribution in [0.25, 0.3) is 0 Å². The summed E-state index contributed by atoms with van der Waals surface area (Å²) in [5, 5.41) is 6.11. The molecule has 0 fully saturated rings. The molecule has 6 nitrogen and oxygen atoms in total. The van der Waals surface area contributed by atoms with E-state index in [-0.39, 0.29) is 0 Å². The molecule has 1 heterocycles. The lowest BCUT2D eigenvalue weighted by atomic mass is 10.2. The predicted molar refractivity (Wildman–Crippen MR) is 100 cm³/mol. The van der Waals surface area contributed by atoms with Crippen LogP contribution in [-0.4, -0.2) is 36.6 Å². The summed E-state index contributed by atoms with van der Waals surface area (Å²) in [6.07, 6.45) is 2.46. The Morgan fingerprint density at radius 1 is 1.17 bits per heavy atom. The summed E-state index contributed by atoms with van der Waals surface area (Å²) in [7, 11) is 3.42. The van der Waals surface area contributed by atoms with Crippen LogP contribution in [-0.2, 0) is 0 Å². The first-order valence-electron chi connectivity index (χ1n) is 7.91. The lowest BCUT2D eigenvalue weighted by molar-refractivity contribution is 0.295. The maximum absolute atomic E-state index is 5.69. The second-order valence-corrected chi connectivity index (χ2v) is 4.78. The summed E-state index contributed by atoms with van der Waals surface area (Å²) in [4.78, 5) is 8.49. The summed E-state index contributed by atoms with van der Waals surface area (Å²) in [6, 6.07) is 7.35. The van der Waals surface area contributed by atoms with Crippen LogP contribution >= 0.6 is 11.6 Å². The number of aromatic nitrogens is 2. The van der Waals surface area contributed by atoms with Gasteiger partial charge in [-0.1, -0.05) is 13.8 Å². The van der Waals surface area contributed by atoms with Gasteiger partial charge in [0.25, 0.3) is 0 Å². The Morgan fingerprint density at radius 3 is 2.62 bits per heavy atom. The molecular formula is C17H25ClN4O2. The van der Waals surface area contributed by atoms with Crippen molar-refractivity contribution in [1.82, 2.24) is 9.97 Å². The van der Waals surface area contributed by atoms with Gasteiger partial charge in [-0.2, -0.15) is 4.98 Å². The summed E-state index contributed by atoms with van der Waals surface area (Å²) in [6.45, 7) is 4.54. The molecule has 1 aromatic heterocycles. The molecule has 0 amide bonds. The highest BCUT2D eigenvalue weighted by Gasteiger charge is 2.07. The first-order chi connectivity index (χ1) is 11.8. The van der Waals surface area contributed by atoms with Crippen molar-refractivity contribution in [2.24, 2.45) is 0 Å². The van der Waals surface area contributed by atoms with Gasteiger partial charge in [0.05, 0.1) is 13.7 Å². The molecule has 0 unspecified atom stereocenters. The standard InChI is InChI=1S/C15H19ClN4O2.C2H6/c1-17-14-6-8-18-15(20-14)19-11-4-5-12(21-2)13(10-11)22-9-3-7-16;1-2/h4-6,8,10H,3,7,9H2,1-2H3,(H2,17,18,19,20);1-2H3. The van der Waals surface area contributed by atoms with E-state index in [0.717, 1.165) is 17.9 Å². The lowest BCUT2D eigenvalue weighted by Gasteiger charge is -2.12. The van der Waals surface area contributed by atoms with Crippen molar-refractivity contribution >= 4 is 29.1 Å². The van der Waals surface area contributed by atoms with Crippen molar-refractivity contribution in [2.75, 3.05) is 37.3 Å². The van der Waals surface area contributed by atoms with Crippen molar-refractivity contribution in [1.29, 1.82) is 0 Å². The number of anilines is 3. The Balaban J connectivity index is 0.00000139. The fourth-order valence-corrected chi connectivity index (χ4v) is 1.90. The van der Waals surface area contributed by atoms with E-state index in [9.17, 15) is 0 Å². The SMILES string of the molecule is CC.CNc1ccnc(Nc2ccc(OC)c(OCCCCl)c2)n1.